The number of nitrogens with zero attached hydrogens (tertiary/aromatic N) is 2. The molecule has 4 rings (SSSR count). The van der Waals surface area contributed by atoms with Crippen LogP contribution in [0.15, 0.2) is 29.2 Å². The molecule has 1 unspecified atom stereocenters. The van der Waals surface area contributed by atoms with Crippen LogP contribution in [0.3, 0.4) is 0 Å². The molecule has 1 atom stereocenters. The lowest BCUT2D eigenvalue weighted by molar-refractivity contribution is 0.210. The molecular weight excluding hydrogens is 302 g/mol. The van der Waals surface area contributed by atoms with Crippen molar-refractivity contribution < 1.29 is 4.74 Å². The van der Waals surface area contributed by atoms with Crippen molar-refractivity contribution in [3.05, 3.63) is 41.3 Å². The Balaban J connectivity index is 1.69. The van der Waals surface area contributed by atoms with Crippen LogP contribution >= 0.6 is 23.5 Å². The summed E-state index contributed by atoms with van der Waals surface area (Å²) in [5.41, 5.74) is 2.40. The average molecular weight is 317 g/mol. The maximum atomic E-state index is 6.10. The molecule has 0 saturated heterocycles. The zero-order valence-electron chi connectivity index (χ0n) is 11.6. The molecule has 0 spiro atoms. The molecule has 108 valence electrons. The van der Waals surface area contributed by atoms with Gasteiger partial charge in [0, 0.05) is 34.8 Å². The van der Waals surface area contributed by atoms with Crippen molar-refractivity contribution in [1.82, 2.24) is 9.97 Å². The van der Waals surface area contributed by atoms with Crippen molar-refractivity contribution in [1.29, 1.82) is 0 Å². The van der Waals surface area contributed by atoms with Gasteiger partial charge in [-0.1, -0.05) is 12.1 Å². The highest BCUT2D eigenvalue weighted by Gasteiger charge is 2.27. The fraction of sp³-hybridized carbons (Fsp3) is 0.333. The molecule has 0 amide bonds. The number of fused-ring (bicyclic) bond motifs is 2. The monoisotopic (exact) mass is 317 g/mol. The van der Waals surface area contributed by atoms with Crippen molar-refractivity contribution in [3.63, 3.8) is 0 Å². The Bertz CT molecular complexity index is 693. The van der Waals surface area contributed by atoms with Gasteiger partial charge in [0.15, 0.2) is 11.9 Å². The zero-order chi connectivity index (χ0) is 14.2. The highest BCUT2D eigenvalue weighted by Crippen LogP contribution is 2.40. The van der Waals surface area contributed by atoms with E-state index < -0.39 is 0 Å². The van der Waals surface area contributed by atoms with Gasteiger partial charge in [0.05, 0.1) is 5.69 Å². The summed E-state index contributed by atoms with van der Waals surface area (Å²) in [6, 6.07) is 8.14. The number of benzene rings is 1. The van der Waals surface area contributed by atoms with Gasteiger partial charge in [-0.25, -0.2) is 9.97 Å². The van der Waals surface area contributed by atoms with Crippen LogP contribution in [-0.4, -0.2) is 22.8 Å². The van der Waals surface area contributed by atoms with Crippen molar-refractivity contribution in [2.75, 3.05) is 18.1 Å². The Morgan fingerprint density at radius 1 is 1.24 bits per heavy atom. The molecule has 1 aromatic heterocycles. The number of para-hydroxylation sites is 1. The highest BCUT2D eigenvalue weighted by molar-refractivity contribution is 7.99. The summed E-state index contributed by atoms with van der Waals surface area (Å²) >= 11 is 3.70. The van der Waals surface area contributed by atoms with Gasteiger partial charge in [0.1, 0.15) is 11.6 Å². The van der Waals surface area contributed by atoms with Crippen LogP contribution < -0.4 is 10.1 Å². The van der Waals surface area contributed by atoms with Crippen LogP contribution in [0.1, 0.15) is 23.2 Å². The SMILES string of the molecule is CNc1nc(C2CSc3ccccc3O2)nc2c1CSC2. The van der Waals surface area contributed by atoms with E-state index in [2.05, 4.69) is 16.4 Å². The van der Waals surface area contributed by atoms with E-state index in [4.69, 9.17) is 9.72 Å². The van der Waals surface area contributed by atoms with Crippen LogP contribution in [0.4, 0.5) is 5.82 Å². The molecule has 1 N–H and O–H groups in total. The predicted molar refractivity (Wildman–Crippen MR) is 87.1 cm³/mol. The van der Waals surface area contributed by atoms with E-state index in [-0.39, 0.29) is 6.10 Å². The van der Waals surface area contributed by atoms with Gasteiger partial charge in [-0.15, -0.1) is 11.8 Å². The molecule has 3 heterocycles. The normalized spacial score (nSPS) is 19.6. The first-order valence-corrected chi connectivity index (χ1v) is 9.03. The lowest BCUT2D eigenvalue weighted by atomic mass is 10.2. The van der Waals surface area contributed by atoms with Gasteiger partial charge in [0.25, 0.3) is 0 Å². The Morgan fingerprint density at radius 3 is 3.05 bits per heavy atom. The molecule has 0 aliphatic carbocycles. The molecule has 2 aromatic rings. The van der Waals surface area contributed by atoms with Gasteiger partial charge in [-0.3, -0.25) is 0 Å². The molecule has 2 aliphatic rings. The number of hydrogen-bond donors (Lipinski definition) is 1. The minimum absolute atomic E-state index is 0.0760. The molecule has 0 saturated carbocycles. The third kappa shape index (κ3) is 2.36. The van der Waals surface area contributed by atoms with Crippen LogP contribution in [0.2, 0.25) is 0 Å². The Morgan fingerprint density at radius 2 is 2.14 bits per heavy atom. The lowest BCUT2D eigenvalue weighted by Gasteiger charge is -2.25. The highest BCUT2D eigenvalue weighted by atomic mass is 32.2. The summed E-state index contributed by atoms with van der Waals surface area (Å²) in [5.74, 6) is 5.50. The van der Waals surface area contributed by atoms with Crippen LogP contribution in [0.5, 0.6) is 5.75 Å². The minimum Gasteiger partial charge on any atom is -0.480 e. The number of hydrogen-bond acceptors (Lipinski definition) is 6. The number of nitrogens with one attached hydrogen (secondary N) is 1. The van der Waals surface area contributed by atoms with E-state index in [0.29, 0.717) is 0 Å². The second kappa shape index (κ2) is 5.42. The quantitative estimate of drug-likeness (QED) is 0.915. The summed E-state index contributed by atoms with van der Waals surface area (Å²) in [6.45, 7) is 0. The number of thioether (sulfide) groups is 2. The Labute approximate surface area is 132 Å². The van der Waals surface area contributed by atoms with Gasteiger partial charge in [-0.05, 0) is 12.1 Å². The Hall–Kier alpha value is -1.40. The van der Waals surface area contributed by atoms with E-state index in [1.807, 2.05) is 48.8 Å². The lowest BCUT2D eigenvalue weighted by Crippen LogP contribution is -2.19. The number of ether oxygens (including phenoxy) is 1. The van der Waals surface area contributed by atoms with Gasteiger partial charge < -0.3 is 10.1 Å². The van der Waals surface area contributed by atoms with E-state index in [1.54, 1.807) is 0 Å². The minimum atomic E-state index is -0.0760. The molecule has 4 nitrogen and oxygen atoms in total. The smallest absolute Gasteiger partial charge is 0.172 e. The van der Waals surface area contributed by atoms with Crippen molar-refractivity contribution in [2.24, 2.45) is 0 Å². The van der Waals surface area contributed by atoms with Crippen molar-refractivity contribution in [2.45, 2.75) is 22.5 Å². The number of rotatable bonds is 2. The summed E-state index contributed by atoms with van der Waals surface area (Å²) in [4.78, 5) is 10.6. The standard InChI is InChI=1S/C15H15N3OS2/c1-16-14-9-6-20-7-10(9)17-15(18-14)12-8-21-13-5-3-2-4-11(13)19-12/h2-5,12H,6-8H2,1H3,(H,16,17,18). The molecule has 2 aliphatic heterocycles. The fourth-order valence-electron chi connectivity index (χ4n) is 2.57. The molecular formula is C15H15N3OS2. The van der Waals surface area contributed by atoms with Crippen molar-refractivity contribution >= 4 is 29.3 Å². The topological polar surface area (TPSA) is 47.0 Å². The fourth-order valence-corrected chi connectivity index (χ4v) is 4.59. The summed E-state index contributed by atoms with van der Waals surface area (Å²) in [7, 11) is 1.92. The Kier molecular flexibility index (Phi) is 3.43. The predicted octanol–water partition coefficient (Wildman–Crippen LogP) is 3.49. The number of anilines is 1. The van der Waals surface area contributed by atoms with Crippen molar-refractivity contribution in [3.8, 4) is 5.75 Å². The molecule has 21 heavy (non-hydrogen) atoms. The van der Waals surface area contributed by atoms with E-state index >= 15 is 0 Å². The van der Waals surface area contributed by atoms with Gasteiger partial charge in [0.2, 0.25) is 0 Å². The molecule has 0 radical (unpaired) electrons. The second-order valence-electron chi connectivity index (χ2n) is 4.96. The first-order valence-electron chi connectivity index (χ1n) is 6.89. The molecule has 6 heteroatoms. The van der Waals surface area contributed by atoms with Gasteiger partial charge in [-0.2, -0.15) is 11.8 Å². The molecule has 1 aromatic carbocycles. The summed E-state index contributed by atoms with van der Waals surface area (Å²) in [5, 5.41) is 3.20. The maximum absolute atomic E-state index is 6.10. The van der Waals surface area contributed by atoms with E-state index in [9.17, 15) is 0 Å². The molecule has 0 fully saturated rings. The third-order valence-corrected chi connectivity index (χ3v) is 5.72. The van der Waals surface area contributed by atoms with E-state index in [0.717, 1.165) is 40.3 Å². The zero-order valence-corrected chi connectivity index (χ0v) is 13.3. The average Bonchev–Trinajstić information content (AvgIpc) is 3.02. The summed E-state index contributed by atoms with van der Waals surface area (Å²) in [6.07, 6.45) is -0.0760. The van der Waals surface area contributed by atoms with Gasteiger partial charge >= 0.3 is 0 Å². The maximum Gasteiger partial charge on any atom is 0.172 e. The number of aromatic nitrogens is 2. The second-order valence-corrected chi connectivity index (χ2v) is 7.01. The van der Waals surface area contributed by atoms with Crippen LogP contribution in [0, 0.1) is 0 Å². The first kappa shape index (κ1) is 13.3. The summed E-state index contributed by atoms with van der Waals surface area (Å²) < 4.78 is 6.10. The van der Waals surface area contributed by atoms with Crippen LogP contribution in [0.25, 0.3) is 0 Å². The third-order valence-electron chi connectivity index (χ3n) is 3.63. The largest absolute Gasteiger partial charge is 0.480 e. The first-order chi connectivity index (χ1) is 10.3. The van der Waals surface area contributed by atoms with E-state index in [1.165, 1.54) is 10.5 Å². The van der Waals surface area contributed by atoms with Crippen LogP contribution in [-0.2, 0) is 11.5 Å². The molecule has 0 bridgehead atoms.